The second-order valence-electron chi connectivity index (χ2n) is 4.95. The highest BCUT2D eigenvalue weighted by atomic mass is 16.4. The van der Waals surface area contributed by atoms with Gasteiger partial charge in [0.1, 0.15) is 0 Å². The van der Waals surface area contributed by atoms with Crippen LogP contribution >= 0.6 is 0 Å². The van der Waals surface area contributed by atoms with Gasteiger partial charge < -0.3 is 15.5 Å². The van der Waals surface area contributed by atoms with Crippen LogP contribution in [-0.4, -0.2) is 38.3 Å². The maximum Gasteiger partial charge on any atom is 0.339 e. The molecular weight excluding hydrogens is 246 g/mol. The summed E-state index contributed by atoms with van der Waals surface area (Å²) in [4.78, 5) is 19.0. The standard InChI is InChI=1S/C13H19N3O3/c1-8-9(12(18)19)7-14-13(15-8)16-10-5-3-2-4-6-11(10)17/h7,10-11,17H,2-6H2,1H3,(H,18,19)(H,14,15,16). The Labute approximate surface area is 111 Å². The van der Waals surface area contributed by atoms with Crippen LogP contribution in [0, 0.1) is 6.92 Å². The molecule has 2 rings (SSSR count). The normalized spacial score (nSPS) is 23.7. The molecular formula is C13H19N3O3. The zero-order valence-corrected chi connectivity index (χ0v) is 11.0. The fraction of sp³-hybridized carbons (Fsp3) is 0.615. The molecule has 0 radical (unpaired) electrons. The number of carboxylic acid groups (broad SMARTS) is 1. The number of carbonyl (C=O) groups is 1. The first kappa shape index (κ1) is 13.7. The number of anilines is 1. The topological polar surface area (TPSA) is 95.3 Å². The third-order valence-electron chi connectivity index (χ3n) is 3.50. The summed E-state index contributed by atoms with van der Waals surface area (Å²) in [5.41, 5.74) is 0.528. The first-order valence-corrected chi connectivity index (χ1v) is 6.59. The van der Waals surface area contributed by atoms with Gasteiger partial charge in [-0.3, -0.25) is 0 Å². The molecule has 1 aliphatic rings. The molecule has 0 saturated heterocycles. The monoisotopic (exact) mass is 265 g/mol. The first-order valence-electron chi connectivity index (χ1n) is 6.59. The van der Waals surface area contributed by atoms with Gasteiger partial charge in [-0.1, -0.05) is 19.3 Å². The average molecular weight is 265 g/mol. The van der Waals surface area contributed by atoms with Gasteiger partial charge in [-0.15, -0.1) is 0 Å². The average Bonchev–Trinajstić information content (AvgIpc) is 2.55. The predicted octanol–water partition coefficient (Wildman–Crippen LogP) is 1.59. The molecule has 0 aromatic carbocycles. The second kappa shape index (κ2) is 5.97. The van der Waals surface area contributed by atoms with E-state index < -0.39 is 12.1 Å². The summed E-state index contributed by atoms with van der Waals surface area (Å²) < 4.78 is 0. The largest absolute Gasteiger partial charge is 0.478 e. The van der Waals surface area contributed by atoms with Crippen LogP contribution in [0.5, 0.6) is 0 Å². The molecule has 1 fully saturated rings. The number of hydrogen-bond donors (Lipinski definition) is 3. The van der Waals surface area contributed by atoms with Crippen LogP contribution in [0.1, 0.15) is 48.2 Å². The molecule has 1 aromatic rings. The zero-order chi connectivity index (χ0) is 13.8. The minimum Gasteiger partial charge on any atom is -0.478 e. The minimum atomic E-state index is -1.03. The third kappa shape index (κ3) is 3.41. The number of nitrogens with zero attached hydrogens (tertiary/aromatic N) is 2. The van der Waals surface area contributed by atoms with E-state index in [0.717, 1.165) is 32.1 Å². The number of hydrogen-bond acceptors (Lipinski definition) is 5. The molecule has 0 spiro atoms. The van der Waals surface area contributed by atoms with Crippen molar-refractivity contribution in [2.24, 2.45) is 0 Å². The number of rotatable bonds is 3. The van der Waals surface area contributed by atoms with Gasteiger partial charge in [0.25, 0.3) is 0 Å². The highest BCUT2D eigenvalue weighted by Crippen LogP contribution is 2.20. The highest BCUT2D eigenvalue weighted by molar-refractivity contribution is 5.88. The molecule has 0 amide bonds. The number of aliphatic hydroxyl groups excluding tert-OH is 1. The summed E-state index contributed by atoms with van der Waals surface area (Å²) in [6, 6.07) is -0.0578. The van der Waals surface area contributed by atoms with Crippen LogP contribution in [0.15, 0.2) is 6.20 Å². The van der Waals surface area contributed by atoms with Crippen LogP contribution in [0.3, 0.4) is 0 Å². The molecule has 104 valence electrons. The van der Waals surface area contributed by atoms with E-state index in [1.165, 1.54) is 6.20 Å². The zero-order valence-electron chi connectivity index (χ0n) is 11.0. The molecule has 2 unspecified atom stereocenters. The fourth-order valence-corrected chi connectivity index (χ4v) is 2.37. The van der Waals surface area contributed by atoms with Crippen molar-refractivity contribution in [3.8, 4) is 0 Å². The highest BCUT2D eigenvalue weighted by Gasteiger charge is 2.22. The molecule has 3 N–H and O–H groups in total. The Hall–Kier alpha value is -1.69. The van der Waals surface area contributed by atoms with Gasteiger partial charge in [0, 0.05) is 6.20 Å². The number of aromatic nitrogens is 2. The van der Waals surface area contributed by atoms with E-state index >= 15 is 0 Å². The number of nitrogens with one attached hydrogen (secondary N) is 1. The van der Waals surface area contributed by atoms with Crippen LogP contribution in [-0.2, 0) is 0 Å². The van der Waals surface area contributed by atoms with Crippen molar-refractivity contribution in [3.63, 3.8) is 0 Å². The summed E-state index contributed by atoms with van der Waals surface area (Å²) in [7, 11) is 0. The minimum absolute atomic E-state index is 0.0578. The van der Waals surface area contributed by atoms with E-state index in [9.17, 15) is 9.90 Å². The van der Waals surface area contributed by atoms with Crippen molar-refractivity contribution in [2.45, 2.75) is 51.2 Å². The molecule has 1 aliphatic carbocycles. The lowest BCUT2D eigenvalue weighted by atomic mass is 10.1. The summed E-state index contributed by atoms with van der Waals surface area (Å²) in [6.45, 7) is 1.64. The summed E-state index contributed by atoms with van der Waals surface area (Å²) in [6.07, 6.45) is 5.81. The predicted molar refractivity (Wildman–Crippen MR) is 70.2 cm³/mol. The number of aliphatic hydroxyl groups is 1. The number of aromatic carboxylic acids is 1. The van der Waals surface area contributed by atoms with Crippen LogP contribution < -0.4 is 5.32 Å². The van der Waals surface area contributed by atoms with Crippen LogP contribution in [0.25, 0.3) is 0 Å². The Bertz CT molecular complexity index is 464. The molecule has 1 heterocycles. The summed E-state index contributed by atoms with van der Waals surface area (Å²) in [5, 5.41) is 22.0. The second-order valence-corrected chi connectivity index (χ2v) is 4.95. The van der Waals surface area contributed by atoms with Gasteiger partial charge in [0.2, 0.25) is 5.95 Å². The van der Waals surface area contributed by atoms with Crippen LogP contribution in [0.4, 0.5) is 5.95 Å². The molecule has 19 heavy (non-hydrogen) atoms. The lowest BCUT2D eigenvalue weighted by Gasteiger charge is -2.21. The van der Waals surface area contributed by atoms with E-state index in [1.807, 2.05) is 0 Å². The van der Waals surface area contributed by atoms with Crippen molar-refractivity contribution in [1.29, 1.82) is 0 Å². The van der Waals surface area contributed by atoms with Gasteiger partial charge in [-0.25, -0.2) is 14.8 Å². The van der Waals surface area contributed by atoms with Gasteiger partial charge >= 0.3 is 5.97 Å². The van der Waals surface area contributed by atoms with Crippen molar-refractivity contribution in [2.75, 3.05) is 5.32 Å². The fourth-order valence-electron chi connectivity index (χ4n) is 2.37. The van der Waals surface area contributed by atoms with E-state index in [4.69, 9.17) is 5.11 Å². The molecule has 2 atom stereocenters. The Kier molecular flexibility index (Phi) is 4.31. The first-order chi connectivity index (χ1) is 9.08. The van der Waals surface area contributed by atoms with Crippen molar-refractivity contribution in [1.82, 2.24) is 9.97 Å². The van der Waals surface area contributed by atoms with Crippen LogP contribution in [0.2, 0.25) is 0 Å². The van der Waals surface area contributed by atoms with Gasteiger partial charge in [0.15, 0.2) is 0 Å². The lowest BCUT2D eigenvalue weighted by Crippen LogP contribution is -2.33. The SMILES string of the molecule is Cc1nc(NC2CCCCCC2O)ncc1C(=O)O. The van der Waals surface area contributed by atoms with Gasteiger partial charge in [-0.2, -0.15) is 0 Å². The maximum absolute atomic E-state index is 10.9. The maximum atomic E-state index is 10.9. The smallest absolute Gasteiger partial charge is 0.339 e. The van der Waals surface area contributed by atoms with Crippen molar-refractivity contribution in [3.05, 3.63) is 17.5 Å². The quantitative estimate of drug-likeness (QED) is 0.718. The summed E-state index contributed by atoms with van der Waals surface area (Å²) in [5.74, 6) is -0.646. The molecule has 1 saturated carbocycles. The molecule has 6 nitrogen and oxygen atoms in total. The lowest BCUT2D eigenvalue weighted by molar-refractivity contribution is 0.0695. The van der Waals surface area contributed by atoms with Crippen molar-refractivity contribution < 1.29 is 15.0 Å². The molecule has 0 aliphatic heterocycles. The van der Waals surface area contributed by atoms with E-state index in [0.29, 0.717) is 11.6 Å². The van der Waals surface area contributed by atoms with Crippen molar-refractivity contribution >= 4 is 11.9 Å². The molecule has 1 aromatic heterocycles. The Morgan fingerprint density at radius 3 is 2.79 bits per heavy atom. The van der Waals surface area contributed by atoms with E-state index in [2.05, 4.69) is 15.3 Å². The van der Waals surface area contributed by atoms with Gasteiger partial charge in [0.05, 0.1) is 23.4 Å². The van der Waals surface area contributed by atoms with Gasteiger partial charge in [-0.05, 0) is 19.8 Å². The van der Waals surface area contributed by atoms with E-state index in [1.54, 1.807) is 6.92 Å². The Morgan fingerprint density at radius 1 is 1.37 bits per heavy atom. The number of aryl methyl sites for hydroxylation is 1. The third-order valence-corrected chi connectivity index (χ3v) is 3.50. The number of carboxylic acids is 1. The molecule has 6 heteroatoms. The Balaban J connectivity index is 2.10. The Morgan fingerprint density at radius 2 is 2.11 bits per heavy atom. The summed E-state index contributed by atoms with van der Waals surface area (Å²) >= 11 is 0. The van der Waals surface area contributed by atoms with E-state index in [-0.39, 0.29) is 11.6 Å². The molecule has 0 bridgehead atoms.